The summed E-state index contributed by atoms with van der Waals surface area (Å²) in [6, 6.07) is 6.43. The zero-order chi connectivity index (χ0) is 18.7. The van der Waals surface area contributed by atoms with Gasteiger partial charge in [0.25, 0.3) is 5.56 Å². The molecular weight excluding hydrogens is 357 g/mol. The summed E-state index contributed by atoms with van der Waals surface area (Å²) in [5.74, 6) is 0.0502. The second kappa shape index (κ2) is 7.65. The predicted molar refractivity (Wildman–Crippen MR) is 98.0 cm³/mol. The van der Waals surface area contributed by atoms with E-state index in [4.69, 9.17) is 4.74 Å². The van der Waals surface area contributed by atoms with Gasteiger partial charge in [0.15, 0.2) is 11.6 Å². The smallest absolute Gasteiger partial charge is 0.268 e. The van der Waals surface area contributed by atoms with Gasteiger partial charge in [-0.25, -0.2) is 9.37 Å². The van der Waals surface area contributed by atoms with E-state index in [-0.39, 0.29) is 30.2 Å². The molecule has 0 atom stereocenters. The van der Waals surface area contributed by atoms with Crippen LogP contribution in [0.25, 0.3) is 10.2 Å². The van der Waals surface area contributed by atoms with Gasteiger partial charge in [0.05, 0.1) is 19.2 Å². The lowest BCUT2D eigenvalue weighted by molar-refractivity contribution is -0.130. The van der Waals surface area contributed by atoms with Crippen LogP contribution >= 0.6 is 11.3 Å². The summed E-state index contributed by atoms with van der Waals surface area (Å²) >= 11 is 1.33. The van der Waals surface area contributed by atoms with Crippen LogP contribution in [0.15, 0.2) is 34.4 Å². The Labute approximate surface area is 153 Å². The first-order valence-corrected chi connectivity index (χ1v) is 8.88. The van der Waals surface area contributed by atoms with Gasteiger partial charge in [-0.3, -0.25) is 9.59 Å². The van der Waals surface area contributed by atoms with E-state index in [9.17, 15) is 14.0 Å². The van der Waals surface area contributed by atoms with Crippen molar-refractivity contribution in [3.8, 4) is 5.75 Å². The Morgan fingerprint density at radius 1 is 1.38 bits per heavy atom. The molecule has 0 aliphatic heterocycles. The molecule has 3 aromatic rings. The van der Waals surface area contributed by atoms with E-state index in [1.54, 1.807) is 30.6 Å². The number of halogens is 1. The highest BCUT2D eigenvalue weighted by atomic mass is 32.1. The van der Waals surface area contributed by atoms with Crippen LogP contribution in [-0.2, 0) is 17.8 Å². The lowest BCUT2D eigenvalue weighted by Crippen LogP contribution is -2.28. The van der Waals surface area contributed by atoms with Crippen molar-refractivity contribution >= 4 is 27.5 Å². The fourth-order valence-corrected chi connectivity index (χ4v) is 3.34. The number of carbonyl (C=O) groups is 1. The van der Waals surface area contributed by atoms with Crippen molar-refractivity contribution in [1.29, 1.82) is 0 Å². The van der Waals surface area contributed by atoms with E-state index in [1.807, 2.05) is 0 Å². The number of nitrogens with zero attached hydrogens (tertiary/aromatic N) is 2. The second-order valence-electron chi connectivity index (χ2n) is 5.87. The minimum Gasteiger partial charge on any atom is -0.494 e. The summed E-state index contributed by atoms with van der Waals surface area (Å²) in [4.78, 5) is 32.9. The van der Waals surface area contributed by atoms with Crippen LogP contribution in [0.1, 0.15) is 17.8 Å². The molecule has 26 heavy (non-hydrogen) atoms. The Kier molecular flexibility index (Phi) is 5.32. The number of aromatic nitrogens is 2. The topological polar surface area (TPSA) is 75.3 Å². The molecular formula is C18H18FN3O3S. The molecule has 0 spiro atoms. The van der Waals surface area contributed by atoms with Crippen molar-refractivity contribution in [2.24, 2.45) is 0 Å². The highest BCUT2D eigenvalue weighted by Gasteiger charge is 2.13. The number of carbonyl (C=O) groups excluding carboxylic acids is 1. The molecule has 1 N–H and O–H groups in total. The molecule has 0 aliphatic rings. The van der Waals surface area contributed by atoms with E-state index in [2.05, 4.69) is 9.97 Å². The number of H-pyrrole nitrogens is 1. The second-order valence-corrected chi connectivity index (χ2v) is 6.78. The first kappa shape index (κ1) is 18.1. The van der Waals surface area contributed by atoms with E-state index in [0.717, 1.165) is 5.56 Å². The molecule has 6 nitrogen and oxygen atoms in total. The Morgan fingerprint density at radius 2 is 2.19 bits per heavy atom. The van der Waals surface area contributed by atoms with Crippen LogP contribution in [0.4, 0.5) is 4.39 Å². The number of benzene rings is 1. The monoisotopic (exact) mass is 375 g/mol. The fourth-order valence-electron chi connectivity index (χ4n) is 2.62. The molecule has 0 fully saturated rings. The summed E-state index contributed by atoms with van der Waals surface area (Å²) in [6.07, 6.45) is 0.644. The van der Waals surface area contributed by atoms with Crippen LogP contribution in [0, 0.1) is 5.82 Å². The number of nitrogens with one attached hydrogen (secondary N) is 1. The first-order chi connectivity index (χ1) is 12.5. The highest BCUT2D eigenvalue weighted by Crippen LogP contribution is 2.19. The molecule has 0 radical (unpaired) electrons. The molecule has 1 aromatic carbocycles. The lowest BCUT2D eigenvalue weighted by Gasteiger charge is -2.16. The summed E-state index contributed by atoms with van der Waals surface area (Å²) in [6.45, 7) is 0.205. The maximum absolute atomic E-state index is 13.7. The lowest BCUT2D eigenvalue weighted by atomic mass is 10.1. The minimum absolute atomic E-state index is 0.116. The average Bonchev–Trinajstić information content (AvgIpc) is 3.08. The number of ether oxygens (including phenoxy) is 1. The molecule has 2 aromatic heterocycles. The van der Waals surface area contributed by atoms with Crippen molar-refractivity contribution in [3.05, 3.63) is 57.2 Å². The van der Waals surface area contributed by atoms with Crippen LogP contribution in [-0.4, -0.2) is 34.9 Å². The maximum Gasteiger partial charge on any atom is 0.268 e. The summed E-state index contributed by atoms with van der Waals surface area (Å²) in [7, 11) is 3.05. The molecule has 0 bridgehead atoms. The van der Waals surface area contributed by atoms with Gasteiger partial charge in [0, 0.05) is 13.5 Å². The van der Waals surface area contributed by atoms with Gasteiger partial charge in [-0.05, 0) is 35.6 Å². The van der Waals surface area contributed by atoms with E-state index < -0.39 is 5.82 Å². The molecule has 0 saturated carbocycles. The highest BCUT2D eigenvalue weighted by molar-refractivity contribution is 7.17. The number of aromatic amines is 1. The predicted octanol–water partition coefficient (Wildman–Crippen LogP) is 2.72. The van der Waals surface area contributed by atoms with Gasteiger partial charge in [0.1, 0.15) is 10.5 Å². The fraction of sp³-hybridized carbons (Fsp3) is 0.278. The summed E-state index contributed by atoms with van der Waals surface area (Å²) in [5.41, 5.74) is 1.15. The third-order valence-electron chi connectivity index (χ3n) is 4.02. The zero-order valence-corrected chi connectivity index (χ0v) is 15.2. The largest absolute Gasteiger partial charge is 0.494 e. The molecule has 3 rings (SSSR count). The van der Waals surface area contributed by atoms with Crippen molar-refractivity contribution in [3.63, 3.8) is 0 Å². The van der Waals surface area contributed by atoms with Gasteiger partial charge in [0.2, 0.25) is 5.91 Å². The normalized spacial score (nSPS) is 10.9. The van der Waals surface area contributed by atoms with Gasteiger partial charge in [-0.15, -0.1) is 11.3 Å². The van der Waals surface area contributed by atoms with Crippen molar-refractivity contribution in [1.82, 2.24) is 14.9 Å². The molecule has 1 amide bonds. The number of rotatable bonds is 6. The third kappa shape index (κ3) is 3.91. The number of hydrogen-bond acceptors (Lipinski definition) is 5. The number of fused-ring (bicyclic) bond motifs is 1. The third-order valence-corrected chi connectivity index (χ3v) is 4.92. The van der Waals surface area contributed by atoms with Gasteiger partial charge < -0.3 is 14.6 Å². The van der Waals surface area contributed by atoms with Gasteiger partial charge in [-0.1, -0.05) is 6.07 Å². The average molecular weight is 375 g/mol. The van der Waals surface area contributed by atoms with E-state index in [1.165, 1.54) is 29.4 Å². The number of aryl methyl sites for hydroxylation is 1. The molecule has 2 heterocycles. The Hall–Kier alpha value is -2.74. The Bertz CT molecular complexity index is 999. The zero-order valence-electron chi connectivity index (χ0n) is 14.4. The van der Waals surface area contributed by atoms with Crippen molar-refractivity contribution in [2.75, 3.05) is 14.2 Å². The SMILES string of the molecule is COc1ccc(CCC(=O)N(C)Cc2nc3ccsc3c(=O)[nH]2)cc1F. The van der Waals surface area contributed by atoms with E-state index in [0.29, 0.717) is 22.5 Å². The minimum atomic E-state index is -0.448. The van der Waals surface area contributed by atoms with Crippen molar-refractivity contribution < 1.29 is 13.9 Å². The maximum atomic E-state index is 13.7. The summed E-state index contributed by atoms with van der Waals surface area (Å²) < 4.78 is 19.2. The standard InChI is InChI=1S/C18H18FN3O3S/c1-22(10-15-20-13-7-8-26-17(13)18(24)21-15)16(23)6-4-11-3-5-14(25-2)12(19)9-11/h3,5,7-9H,4,6,10H2,1-2H3,(H,20,21,24). The van der Waals surface area contributed by atoms with Crippen LogP contribution < -0.4 is 10.3 Å². The Balaban J connectivity index is 1.62. The molecule has 8 heteroatoms. The number of amides is 1. The van der Waals surface area contributed by atoms with E-state index >= 15 is 0 Å². The van der Waals surface area contributed by atoms with Crippen LogP contribution in [0.3, 0.4) is 0 Å². The van der Waals surface area contributed by atoms with Gasteiger partial charge in [-0.2, -0.15) is 0 Å². The van der Waals surface area contributed by atoms with Crippen molar-refractivity contribution in [2.45, 2.75) is 19.4 Å². The number of thiophene rings is 1. The van der Waals surface area contributed by atoms with Crippen LogP contribution in [0.5, 0.6) is 5.75 Å². The molecule has 0 unspecified atom stereocenters. The Morgan fingerprint density at radius 3 is 2.92 bits per heavy atom. The summed E-state index contributed by atoms with van der Waals surface area (Å²) in [5, 5.41) is 1.81. The van der Waals surface area contributed by atoms with Gasteiger partial charge >= 0.3 is 0 Å². The quantitative estimate of drug-likeness (QED) is 0.719. The molecule has 0 aliphatic carbocycles. The first-order valence-electron chi connectivity index (χ1n) is 8.00. The van der Waals surface area contributed by atoms with Crippen LogP contribution in [0.2, 0.25) is 0 Å². The number of hydrogen-bond donors (Lipinski definition) is 1. The molecule has 0 saturated heterocycles. The number of methoxy groups -OCH3 is 1. The molecule has 136 valence electrons.